The van der Waals surface area contributed by atoms with Gasteiger partial charge in [-0.2, -0.15) is 0 Å². The smallest absolute Gasteiger partial charge is 0.247 e. The molecule has 0 amide bonds. The van der Waals surface area contributed by atoms with Crippen LogP contribution in [0.2, 0.25) is 0 Å². The lowest BCUT2D eigenvalue weighted by Crippen LogP contribution is -2.43. The maximum absolute atomic E-state index is 13.5. The summed E-state index contributed by atoms with van der Waals surface area (Å²) in [5, 5.41) is 8.30. The molecule has 2 heterocycles. The first-order chi connectivity index (χ1) is 13.6. The molecule has 0 N–H and O–H groups in total. The van der Waals surface area contributed by atoms with Crippen LogP contribution in [0.15, 0.2) is 52.9 Å². The Kier molecular flexibility index (Phi) is 5.34. The topological polar surface area (TPSA) is 45.4 Å². The molecule has 1 fully saturated rings. The number of hydrogen-bond donors (Lipinski definition) is 0. The Morgan fingerprint density at radius 2 is 1.79 bits per heavy atom. The summed E-state index contributed by atoms with van der Waals surface area (Å²) in [6, 6.07) is 14.1. The number of aromatic nitrogens is 2. The summed E-state index contributed by atoms with van der Waals surface area (Å²) >= 11 is 0. The van der Waals surface area contributed by atoms with Crippen molar-refractivity contribution in [2.75, 3.05) is 25.0 Å². The minimum Gasteiger partial charge on any atom is -0.419 e. The Labute approximate surface area is 162 Å². The lowest BCUT2D eigenvalue weighted by Gasteiger charge is -2.37. The van der Waals surface area contributed by atoms with Crippen LogP contribution >= 0.6 is 0 Å². The molecule has 0 spiro atoms. The highest BCUT2D eigenvalue weighted by molar-refractivity contribution is 5.51. The highest BCUT2D eigenvalue weighted by atomic mass is 19.2. The van der Waals surface area contributed by atoms with Gasteiger partial charge >= 0.3 is 0 Å². The van der Waals surface area contributed by atoms with E-state index in [2.05, 4.69) is 20.0 Å². The molecule has 146 valence electrons. The molecule has 0 bridgehead atoms. The van der Waals surface area contributed by atoms with E-state index in [0.29, 0.717) is 24.4 Å². The average molecular weight is 384 g/mol. The van der Waals surface area contributed by atoms with Crippen LogP contribution < -0.4 is 4.90 Å². The van der Waals surface area contributed by atoms with Crippen molar-refractivity contribution >= 4 is 5.69 Å². The molecule has 0 aliphatic carbocycles. The van der Waals surface area contributed by atoms with E-state index < -0.39 is 11.6 Å². The van der Waals surface area contributed by atoms with Crippen LogP contribution in [0.25, 0.3) is 11.5 Å². The fourth-order valence-corrected chi connectivity index (χ4v) is 3.60. The summed E-state index contributed by atoms with van der Waals surface area (Å²) < 4.78 is 32.4. The van der Waals surface area contributed by atoms with E-state index in [9.17, 15) is 8.78 Å². The number of halogens is 2. The summed E-state index contributed by atoms with van der Waals surface area (Å²) in [7, 11) is 2.05. The van der Waals surface area contributed by atoms with E-state index in [1.807, 2.05) is 37.4 Å². The van der Waals surface area contributed by atoms with Gasteiger partial charge in [-0.3, -0.25) is 4.90 Å². The van der Waals surface area contributed by atoms with Crippen LogP contribution in [0, 0.1) is 11.6 Å². The van der Waals surface area contributed by atoms with Gasteiger partial charge in [0.1, 0.15) is 0 Å². The SMILES string of the molecule is CN(Cc1nnc(-c2ccccc2)o1)C1CCN(c2ccc(F)c(F)c2)CC1. The molecule has 1 aromatic heterocycles. The summed E-state index contributed by atoms with van der Waals surface area (Å²) in [5.74, 6) is -0.503. The van der Waals surface area contributed by atoms with Crippen LogP contribution in [0.5, 0.6) is 0 Å². The maximum atomic E-state index is 13.5. The molecule has 2 aromatic carbocycles. The lowest BCUT2D eigenvalue weighted by atomic mass is 10.0. The summed E-state index contributed by atoms with van der Waals surface area (Å²) in [4.78, 5) is 4.30. The summed E-state index contributed by atoms with van der Waals surface area (Å²) in [6.07, 6.45) is 1.85. The highest BCUT2D eigenvalue weighted by Gasteiger charge is 2.24. The number of piperidine rings is 1. The fraction of sp³-hybridized carbons (Fsp3) is 0.333. The van der Waals surface area contributed by atoms with Gasteiger partial charge in [-0.1, -0.05) is 18.2 Å². The summed E-state index contributed by atoms with van der Waals surface area (Å²) in [6.45, 7) is 2.16. The number of hydrogen-bond acceptors (Lipinski definition) is 5. The quantitative estimate of drug-likeness (QED) is 0.662. The van der Waals surface area contributed by atoms with Gasteiger partial charge in [0.15, 0.2) is 11.6 Å². The second kappa shape index (κ2) is 8.06. The molecule has 7 heteroatoms. The molecular weight excluding hydrogens is 362 g/mol. The van der Waals surface area contributed by atoms with E-state index in [1.54, 1.807) is 6.07 Å². The third-order valence-electron chi connectivity index (χ3n) is 5.23. The molecule has 1 aliphatic rings. The normalized spacial score (nSPS) is 15.4. The van der Waals surface area contributed by atoms with E-state index in [-0.39, 0.29) is 0 Å². The Morgan fingerprint density at radius 1 is 1.04 bits per heavy atom. The standard InChI is InChI=1S/C21H22F2N4O/c1-26(14-20-24-25-21(28-20)15-5-3-2-4-6-15)16-9-11-27(12-10-16)17-7-8-18(22)19(23)13-17/h2-8,13,16H,9-12,14H2,1H3. The van der Waals surface area contributed by atoms with Crippen LogP contribution in [0.1, 0.15) is 18.7 Å². The second-order valence-corrected chi connectivity index (χ2v) is 7.10. The third-order valence-corrected chi connectivity index (χ3v) is 5.23. The molecule has 28 heavy (non-hydrogen) atoms. The van der Waals surface area contributed by atoms with Gasteiger partial charge in [-0.05, 0) is 44.2 Å². The van der Waals surface area contributed by atoms with Gasteiger partial charge in [0.2, 0.25) is 11.8 Å². The zero-order chi connectivity index (χ0) is 19.5. The van der Waals surface area contributed by atoms with E-state index in [4.69, 9.17) is 4.42 Å². The minimum atomic E-state index is -0.812. The average Bonchev–Trinajstić information content (AvgIpc) is 3.19. The Morgan fingerprint density at radius 3 is 2.50 bits per heavy atom. The molecule has 3 aromatic rings. The van der Waals surface area contributed by atoms with Crippen LogP contribution in [-0.4, -0.2) is 41.3 Å². The first-order valence-corrected chi connectivity index (χ1v) is 9.38. The predicted octanol–water partition coefficient (Wildman–Crippen LogP) is 4.12. The van der Waals surface area contributed by atoms with Gasteiger partial charge in [0, 0.05) is 36.4 Å². The third kappa shape index (κ3) is 4.04. The maximum Gasteiger partial charge on any atom is 0.247 e. The number of rotatable bonds is 5. The zero-order valence-electron chi connectivity index (χ0n) is 15.7. The Bertz CT molecular complexity index is 923. The van der Waals surface area contributed by atoms with Crippen molar-refractivity contribution in [3.63, 3.8) is 0 Å². The lowest BCUT2D eigenvalue weighted by molar-refractivity contribution is 0.184. The van der Waals surface area contributed by atoms with Crippen molar-refractivity contribution in [1.29, 1.82) is 0 Å². The molecule has 0 saturated carbocycles. The molecule has 4 rings (SSSR count). The molecular formula is C21H22F2N4O. The van der Waals surface area contributed by atoms with Gasteiger partial charge < -0.3 is 9.32 Å². The first kappa shape index (κ1) is 18.6. The monoisotopic (exact) mass is 384 g/mol. The van der Waals surface area contributed by atoms with E-state index in [0.717, 1.165) is 37.2 Å². The van der Waals surface area contributed by atoms with Crippen molar-refractivity contribution in [2.24, 2.45) is 0 Å². The number of anilines is 1. The molecule has 1 aliphatic heterocycles. The molecule has 0 unspecified atom stereocenters. The Hall–Kier alpha value is -2.80. The number of benzene rings is 2. The second-order valence-electron chi connectivity index (χ2n) is 7.10. The van der Waals surface area contributed by atoms with Gasteiger partial charge in [-0.25, -0.2) is 8.78 Å². The zero-order valence-corrected chi connectivity index (χ0v) is 15.7. The van der Waals surface area contributed by atoms with Gasteiger partial charge in [0.25, 0.3) is 0 Å². The molecule has 5 nitrogen and oxygen atoms in total. The minimum absolute atomic E-state index is 0.369. The van der Waals surface area contributed by atoms with E-state index in [1.165, 1.54) is 12.1 Å². The molecule has 1 saturated heterocycles. The highest BCUT2D eigenvalue weighted by Crippen LogP contribution is 2.25. The first-order valence-electron chi connectivity index (χ1n) is 9.38. The van der Waals surface area contributed by atoms with Crippen molar-refractivity contribution in [3.05, 3.63) is 66.1 Å². The number of nitrogens with zero attached hydrogens (tertiary/aromatic N) is 4. The van der Waals surface area contributed by atoms with Crippen molar-refractivity contribution in [3.8, 4) is 11.5 Å². The fourth-order valence-electron chi connectivity index (χ4n) is 3.60. The van der Waals surface area contributed by atoms with E-state index >= 15 is 0 Å². The largest absolute Gasteiger partial charge is 0.419 e. The van der Waals surface area contributed by atoms with Crippen LogP contribution in [0.3, 0.4) is 0 Å². The summed E-state index contributed by atoms with van der Waals surface area (Å²) in [5.41, 5.74) is 1.63. The molecule has 0 radical (unpaired) electrons. The van der Waals surface area contributed by atoms with Crippen molar-refractivity contribution < 1.29 is 13.2 Å². The predicted molar refractivity (Wildman–Crippen MR) is 103 cm³/mol. The van der Waals surface area contributed by atoms with Gasteiger partial charge in [0.05, 0.1) is 6.54 Å². The Balaban J connectivity index is 1.33. The van der Waals surface area contributed by atoms with Crippen LogP contribution in [0.4, 0.5) is 14.5 Å². The molecule has 0 atom stereocenters. The van der Waals surface area contributed by atoms with Gasteiger partial charge in [-0.15, -0.1) is 10.2 Å². The van der Waals surface area contributed by atoms with Crippen LogP contribution in [-0.2, 0) is 6.54 Å². The van der Waals surface area contributed by atoms with Crippen molar-refractivity contribution in [2.45, 2.75) is 25.4 Å². The van der Waals surface area contributed by atoms with Crippen molar-refractivity contribution in [1.82, 2.24) is 15.1 Å².